The fraction of sp³-hybridized carbons (Fsp3) is 0.750. The van der Waals surface area contributed by atoms with Gasteiger partial charge in [0.05, 0.1) is 7.11 Å². The molecule has 0 unspecified atom stereocenters. The van der Waals surface area contributed by atoms with E-state index >= 15 is 0 Å². The highest BCUT2D eigenvalue weighted by Crippen LogP contribution is 2.45. The van der Waals surface area contributed by atoms with Gasteiger partial charge in [-0.1, -0.05) is 0 Å². The molecule has 0 aliphatic heterocycles. The van der Waals surface area contributed by atoms with Crippen LogP contribution in [-0.4, -0.2) is 32.0 Å². The molecule has 12 heavy (non-hydrogen) atoms. The van der Waals surface area contributed by atoms with Crippen LogP contribution in [0.5, 0.6) is 0 Å². The third kappa shape index (κ3) is 1.22. The van der Waals surface area contributed by atoms with Crippen molar-refractivity contribution in [3.8, 4) is 0 Å². The summed E-state index contributed by atoms with van der Waals surface area (Å²) in [7, 11) is 3.07. The van der Waals surface area contributed by atoms with Crippen LogP contribution in [0.1, 0.15) is 12.8 Å². The van der Waals surface area contributed by atoms with Crippen molar-refractivity contribution < 1.29 is 14.3 Å². The number of carbonyl (C=O) groups excluding carboxylic acids is 2. The van der Waals surface area contributed by atoms with E-state index in [1.54, 1.807) is 7.05 Å². The Bertz CT molecular complexity index is 204. The van der Waals surface area contributed by atoms with E-state index < -0.39 is 5.54 Å². The van der Waals surface area contributed by atoms with E-state index in [0.29, 0.717) is 12.8 Å². The van der Waals surface area contributed by atoms with E-state index in [2.05, 4.69) is 10.1 Å². The van der Waals surface area contributed by atoms with Gasteiger partial charge >= 0.3 is 5.97 Å². The summed E-state index contributed by atoms with van der Waals surface area (Å²) in [6.07, 6.45) is 1.97. The SMILES string of the molecule is CN[C@]1(C(=O)OC)C[C@H]1CC=O. The molecule has 1 aliphatic rings. The number of carbonyl (C=O) groups is 2. The molecule has 4 nitrogen and oxygen atoms in total. The minimum atomic E-state index is -0.574. The predicted molar refractivity (Wildman–Crippen MR) is 42.6 cm³/mol. The monoisotopic (exact) mass is 171 g/mol. The minimum absolute atomic E-state index is 0.118. The molecule has 1 N–H and O–H groups in total. The normalized spacial score (nSPS) is 32.7. The van der Waals surface area contributed by atoms with Crippen LogP contribution >= 0.6 is 0 Å². The zero-order valence-corrected chi connectivity index (χ0v) is 7.29. The molecule has 0 heterocycles. The fourth-order valence-electron chi connectivity index (χ4n) is 1.57. The Morgan fingerprint density at radius 2 is 2.50 bits per heavy atom. The molecule has 1 fully saturated rings. The van der Waals surface area contributed by atoms with Crippen molar-refractivity contribution in [3.05, 3.63) is 0 Å². The highest BCUT2D eigenvalue weighted by molar-refractivity contribution is 5.85. The second-order valence-corrected chi connectivity index (χ2v) is 3.02. The number of hydrogen-bond donors (Lipinski definition) is 1. The third-order valence-corrected chi connectivity index (χ3v) is 2.48. The molecular formula is C8H13NO3. The van der Waals surface area contributed by atoms with E-state index in [-0.39, 0.29) is 11.9 Å². The molecule has 0 spiro atoms. The Morgan fingerprint density at radius 1 is 1.83 bits per heavy atom. The van der Waals surface area contributed by atoms with Crippen LogP contribution < -0.4 is 5.32 Å². The van der Waals surface area contributed by atoms with Crippen molar-refractivity contribution in [1.82, 2.24) is 5.32 Å². The van der Waals surface area contributed by atoms with Gasteiger partial charge in [0.25, 0.3) is 0 Å². The summed E-state index contributed by atoms with van der Waals surface area (Å²) < 4.78 is 4.63. The number of likely N-dealkylation sites (N-methyl/N-ethyl adjacent to an activating group) is 1. The molecule has 1 saturated carbocycles. The van der Waals surface area contributed by atoms with E-state index in [0.717, 1.165) is 6.29 Å². The second-order valence-electron chi connectivity index (χ2n) is 3.02. The Kier molecular flexibility index (Phi) is 2.47. The molecule has 0 aromatic rings. The van der Waals surface area contributed by atoms with Gasteiger partial charge in [-0.05, 0) is 19.4 Å². The first kappa shape index (κ1) is 9.19. The van der Waals surface area contributed by atoms with E-state index in [9.17, 15) is 9.59 Å². The fourth-order valence-corrected chi connectivity index (χ4v) is 1.57. The minimum Gasteiger partial charge on any atom is -0.468 e. The molecule has 0 aromatic heterocycles. The maximum absolute atomic E-state index is 11.2. The van der Waals surface area contributed by atoms with Gasteiger partial charge in [-0.2, -0.15) is 0 Å². The van der Waals surface area contributed by atoms with Gasteiger partial charge in [-0.15, -0.1) is 0 Å². The number of hydrogen-bond acceptors (Lipinski definition) is 4. The summed E-state index contributed by atoms with van der Waals surface area (Å²) in [6, 6.07) is 0. The van der Waals surface area contributed by atoms with Crippen LogP contribution in [0.4, 0.5) is 0 Å². The number of nitrogens with one attached hydrogen (secondary N) is 1. The van der Waals surface area contributed by atoms with Crippen molar-refractivity contribution in [3.63, 3.8) is 0 Å². The second kappa shape index (κ2) is 3.23. The van der Waals surface area contributed by atoms with E-state index in [1.807, 2.05) is 0 Å². The zero-order valence-electron chi connectivity index (χ0n) is 7.29. The van der Waals surface area contributed by atoms with Crippen LogP contribution in [0.3, 0.4) is 0 Å². The standard InChI is InChI=1S/C8H13NO3/c1-9-8(7(11)12-2)5-6(8)3-4-10/h4,6,9H,3,5H2,1-2H3/t6-,8-/m1/s1. The molecule has 1 rings (SSSR count). The topological polar surface area (TPSA) is 55.4 Å². The first-order valence-corrected chi connectivity index (χ1v) is 3.92. The van der Waals surface area contributed by atoms with Gasteiger partial charge in [0.1, 0.15) is 11.8 Å². The summed E-state index contributed by atoms with van der Waals surface area (Å²) in [5, 5.41) is 2.90. The number of methoxy groups -OCH3 is 1. The summed E-state index contributed by atoms with van der Waals surface area (Å²) >= 11 is 0. The number of rotatable bonds is 4. The average Bonchev–Trinajstić information content (AvgIpc) is 2.79. The van der Waals surface area contributed by atoms with E-state index in [4.69, 9.17) is 0 Å². The Hall–Kier alpha value is -0.900. The quantitative estimate of drug-likeness (QED) is 0.467. The average molecular weight is 171 g/mol. The summed E-state index contributed by atoms with van der Waals surface area (Å²) in [6.45, 7) is 0. The van der Waals surface area contributed by atoms with Crippen LogP contribution in [0.2, 0.25) is 0 Å². The van der Waals surface area contributed by atoms with Crippen molar-refractivity contribution in [2.75, 3.05) is 14.2 Å². The summed E-state index contributed by atoms with van der Waals surface area (Å²) in [5.41, 5.74) is -0.574. The van der Waals surface area contributed by atoms with Crippen molar-refractivity contribution in [2.24, 2.45) is 5.92 Å². The zero-order chi connectivity index (χ0) is 9.19. The Balaban J connectivity index is 2.58. The lowest BCUT2D eigenvalue weighted by molar-refractivity contribution is -0.144. The molecule has 1 aliphatic carbocycles. The third-order valence-electron chi connectivity index (χ3n) is 2.48. The first-order chi connectivity index (χ1) is 5.71. The van der Waals surface area contributed by atoms with Crippen LogP contribution in [-0.2, 0) is 14.3 Å². The molecule has 0 bridgehead atoms. The molecule has 0 saturated heterocycles. The Labute approximate surface area is 71.3 Å². The summed E-state index contributed by atoms with van der Waals surface area (Å²) in [4.78, 5) is 21.4. The molecule has 2 atom stereocenters. The van der Waals surface area contributed by atoms with E-state index in [1.165, 1.54) is 7.11 Å². The first-order valence-electron chi connectivity index (χ1n) is 3.92. The van der Waals surface area contributed by atoms with Crippen molar-refractivity contribution >= 4 is 12.3 Å². The highest BCUT2D eigenvalue weighted by atomic mass is 16.5. The van der Waals surface area contributed by atoms with Gasteiger partial charge in [0.2, 0.25) is 0 Å². The molecule has 0 radical (unpaired) electrons. The maximum atomic E-state index is 11.2. The maximum Gasteiger partial charge on any atom is 0.326 e. The van der Waals surface area contributed by atoms with Gasteiger partial charge in [-0.3, -0.25) is 4.79 Å². The summed E-state index contributed by atoms with van der Waals surface area (Å²) in [5.74, 6) is -0.149. The lowest BCUT2D eigenvalue weighted by atomic mass is 10.2. The molecule has 0 amide bonds. The van der Waals surface area contributed by atoms with Gasteiger partial charge < -0.3 is 14.8 Å². The smallest absolute Gasteiger partial charge is 0.326 e. The number of aldehydes is 1. The molecular weight excluding hydrogens is 158 g/mol. The molecule has 0 aromatic carbocycles. The van der Waals surface area contributed by atoms with Gasteiger partial charge in [-0.25, -0.2) is 0 Å². The van der Waals surface area contributed by atoms with Crippen LogP contribution in [0.25, 0.3) is 0 Å². The lowest BCUT2D eigenvalue weighted by Crippen LogP contribution is -2.39. The van der Waals surface area contributed by atoms with Crippen LogP contribution in [0.15, 0.2) is 0 Å². The van der Waals surface area contributed by atoms with Crippen LogP contribution in [0, 0.1) is 5.92 Å². The number of esters is 1. The van der Waals surface area contributed by atoms with Gasteiger partial charge in [0, 0.05) is 6.42 Å². The lowest BCUT2D eigenvalue weighted by Gasteiger charge is -2.12. The van der Waals surface area contributed by atoms with Crippen molar-refractivity contribution in [1.29, 1.82) is 0 Å². The molecule has 68 valence electrons. The number of ether oxygens (including phenoxy) is 1. The highest BCUT2D eigenvalue weighted by Gasteiger charge is 2.59. The molecule has 4 heteroatoms. The van der Waals surface area contributed by atoms with Gasteiger partial charge in [0.15, 0.2) is 0 Å². The Morgan fingerprint density at radius 3 is 2.92 bits per heavy atom. The predicted octanol–water partition coefficient (Wildman–Crippen LogP) is -0.274. The van der Waals surface area contributed by atoms with Crippen molar-refractivity contribution in [2.45, 2.75) is 18.4 Å². The largest absolute Gasteiger partial charge is 0.468 e.